The van der Waals surface area contributed by atoms with Gasteiger partial charge in [0.1, 0.15) is 0 Å². The third kappa shape index (κ3) is 4.09. The Bertz CT molecular complexity index is 787. The highest BCUT2D eigenvalue weighted by molar-refractivity contribution is 5.97. The van der Waals surface area contributed by atoms with E-state index < -0.39 is 0 Å². The number of aryl methyl sites for hydroxylation is 1. The van der Waals surface area contributed by atoms with Gasteiger partial charge in [0.15, 0.2) is 11.5 Å². The zero-order valence-electron chi connectivity index (χ0n) is 14.2. The highest BCUT2D eigenvalue weighted by Gasteiger charge is 2.17. The predicted octanol–water partition coefficient (Wildman–Crippen LogP) is 2.33. The van der Waals surface area contributed by atoms with E-state index in [0.717, 1.165) is 5.56 Å². The minimum absolute atomic E-state index is 0.0938. The van der Waals surface area contributed by atoms with Gasteiger partial charge in [-0.25, -0.2) is 0 Å². The average molecular weight is 340 g/mol. The molecule has 2 aromatic carbocycles. The molecule has 0 spiro atoms. The van der Waals surface area contributed by atoms with Crippen molar-refractivity contribution in [2.24, 2.45) is 0 Å². The summed E-state index contributed by atoms with van der Waals surface area (Å²) in [4.78, 5) is 24.2. The van der Waals surface area contributed by atoms with Crippen LogP contribution in [0.2, 0.25) is 0 Å². The van der Waals surface area contributed by atoms with Crippen LogP contribution in [-0.2, 0) is 4.79 Å². The number of hydrogen-bond acceptors (Lipinski definition) is 4. The van der Waals surface area contributed by atoms with Crippen LogP contribution in [0.25, 0.3) is 0 Å². The van der Waals surface area contributed by atoms with E-state index in [2.05, 4.69) is 10.6 Å². The van der Waals surface area contributed by atoms with E-state index in [0.29, 0.717) is 17.1 Å². The van der Waals surface area contributed by atoms with Crippen molar-refractivity contribution in [3.8, 4) is 11.5 Å². The lowest BCUT2D eigenvalue weighted by Gasteiger charge is -2.15. The monoisotopic (exact) mass is 340 g/mol. The van der Waals surface area contributed by atoms with Crippen LogP contribution < -0.4 is 20.1 Å². The predicted molar refractivity (Wildman–Crippen MR) is 92.6 cm³/mol. The first-order valence-corrected chi connectivity index (χ1v) is 8.07. The molecule has 3 rings (SSSR count). The summed E-state index contributed by atoms with van der Waals surface area (Å²) in [6.45, 7) is 3.98. The normalized spacial score (nSPS) is 13.2. The molecule has 1 aliphatic heterocycles. The largest absolute Gasteiger partial charge is 0.454 e. The number of benzene rings is 2. The molecule has 0 aliphatic carbocycles. The molecular formula is C19H20N2O4. The maximum atomic E-state index is 12.2. The van der Waals surface area contributed by atoms with E-state index in [1.807, 2.05) is 38.1 Å². The van der Waals surface area contributed by atoms with Gasteiger partial charge in [0, 0.05) is 5.56 Å². The second kappa shape index (κ2) is 7.25. The standard InChI is InChI=1S/C19H20N2O4/c1-12-3-5-14(6-4-12)13(2)21-18(22)10-20-19(23)15-7-8-16-17(9-15)25-11-24-16/h3-9,13H,10-11H2,1-2H3,(H,20,23)(H,21,22). The number of carbonyl (C=O) groups is 2. The van der Waals surface area contributed by atoms with Gasteiger partial charge in [0.2, 0.25) is 12.7 Å². The smallest absolute Gasteiger partial charge is 0.251 e. The molecule has 0 aromatic heterocycles. The zero-order chi connectivity index (χ0) is 17.8. The Hall–Kier alpha value is -3.02. The second-order valence-corrected chi connectivity index (χ2v) is 5.95. The first-order chi connectivity index (χ1) is 12.0. The molecule has 0 saturated carbocycles. The minimum Gasteiger partial charge on any atom is -0.454 e. The Balaban J connectivity index is 1.51. The summed E-state index contributed by atoms with van der Waals surface area (Å²) in [6, 6.07) is 12.7. The van der Waals surface area contributed by atoms with E-state index in [4.69, 9.17) is 9.47 Å². The van der Waals surface area contributed by atoms with Crippen LogP contribution in [-0.4, -0.2) is 25.2 Å². The molecule has 2 amide bonds. The summed E-state index contributed by atoms with van der Waals surface area (Å²) >= 11 is 0. The molecule has 6 nitrogen and oxygen atoms in total. The number of fused-ring (bicyclic) bond motifs is 1. The van der Waals surface area contributed by atoms with Crippen molar-refractivity contribution in [2.75, 3.05) is 13.3 Å². The molecular weight excluding hydrogens is 320 g/mol. The molecule has 2 aromatic rings. The molecule has 25 heavy (non-hydrogen) atoms. The molecule has 6 heteroatoms. The summed E-state index contributed by atoms with van der Waals surface area (Å²) in [5.41, 5.74) is 2.60. The van der Waals surface area contributed by atoms with Crippen molar-refractivity contribution in [1.82, 2.24) is 10.6 Å². The van der Waals surface area contributed by atoms with Gasteiger partial charge in [0.05, 0.1) is 12.6 Å². The quantitative estimate of drug-likeness (QED) is 0.876. The van der Waals surface area contributed by atoms with Crippen LogP contribution in [0.5, 0.6) is 11.5 Å². The van der Waals surface area contributed by atoms with Gasteiger partial charge in [-0.05, 0) is 37.6 Å². The SMILES string of the molecule is Cc1ccc(C(C)NC(=O)CNC(=O)c2ccc3c(c2)OCO3)cc1. The molecule has 1 unspecified atom stereocenters. The van der Waals surface area contributed by atoms with E-state index in [1.165, 1.54) is 5.56 Å². The van der Waals surface area contributed by atoms with Crippen molar-refractivity contribution in [3.05, 3.63) is 59.2 Å². The van der Waals surface area contributed by atoms with Crippen molar-refractivity contribution in [3.63, 3.8) is 0 Å². The van der Waals surface area contributed by atoms with E-state index in [-0.39, 0.29) is 31.2 Å². The van der Waals surface area contributed by atoms with Crippen molar-refractivity contribution < 1.29 is 19.1 Å². The number of nitrogens with one attached hydrogen (secondary N) is 2. The number of ether oxygens (including phenoxy) is 2. The van der Waals surface area contributed by atoms with Gasteiger partial charge in [-0.3, -0.25) is 9.59 Å². The van der Waals surface area contributed by atoms with E-state index >= 15 is 0 Å². The Morgan fingerprint density at radius 3 is 2.56 bits per heavy atom. The summed E-state index contributed by atoms with van der Waals surface area (Å²) in [7, 11) is 0. The molecule has 1 heterocycles. The molecule has 130 valence electrons. The second-order valence-electron chi connectivity index (χ2n) is 5.95. The summed E-state index contributed by atoms with van der Waals surface area (Å²) in [5, 5.41) is 5.47. The Kier molecular flexibility index (Phi) is 4.88. The van der Waals surface area contributed by atoms with Crippen molar-refractivity contribution in [2.45, 2.75) is 19.9 Å². The number of carbonyl (C=O) groups excluding carboxylic acids is 2. The molecule has 2 N–H and O–H groups in total. The molecule has 0 bridgehead atoms. The summed E-state index contributed by atoms with van der Waals surface area (Å²) in [5.74, 6) is 0.560. The zero-order valence-corrected chi connectivity index (χ0v) is 14.2. The maximum absolute atomic E-state index is 12.2. The fourth-order valence-corrected chi connectivity index (χ4v) is 2.53. The van der Waals surface area contributed by atoms with Crippen LogP contribution in [0.4, 0.5) is 0 Å². The van der Waals surface area contributed by atoms with E-state index in [1.54, 1.807) is 18.2 Å². The van der Waals surface area contributed by atoms with Gasteiger partial charge in [-0.1, -0.05) is 29.8 Å². The molecule has 0 radical (unpaired) electrons. The van der Waals surface area contributed by atoms with Gasteiger partial charge in [-0.15, -0.1) is 0 Å². The molecule has 1 aliphatic rings. The van der Waals surface area contributed by atoms with Gasteiger partial charge in [-0.2, -0.15) is 0 Å². The number of hydrogen-bond donors (Lipinski definition) is 2. The topological polar surface area (TPSA) is 76.7 Å². The Labute approximate surface area is 146 Å². The maximum Gasteiger partial charge on any atom is 0.251 e. The fraction of sp³-hybridized carbons (Fsp3) is 0.263. The first-order valence-electron chi connectivity index (χ1n) is 8.07. The van der Waals surface area contributed by atoms with Crippen molar-refractivity contribution >= 4 is 11.8 Å². The Morgan fingerprint density at radius 2 is 1.80 bits per heavy atom. The first kappa shape index (κ1) is 16.8. The van der Waals surface area contributed by atoms with Crippen LogP contribution in [0.15, 0.2) is 42.5 Å². The van der Waals surface area contributed by atoms with Gasteiger partial charge < -0.3 is 20.1 Å². The highest BCUT2D eigenvalue weighted by Crippen LogP contribution is 2.32. The lowest BCUT2D eigenvalue weighted by Crippen LogP contribution is -2.38. The average Bonchev–Trinajstić information content (AvgIpc) is 3.07. The van der Waals surface area contributed by atoms with Crippen LogP contribution >= 0.6 is 0 Å². The molecule has 1 atom stereocenters. The summed E-state index contributed by atoms with van der Waals surface area (Å²) < 4.78 is 10.4. The van der Waals surface area contributed by atoms with Crippen LogP contribution in [0.3, 0.4) is 0 Å². The van der Waals surface area contributed by atoms with Gasteiger partial charge >= 0.3 is 0 Å². The number of rotatable bonds is 5. The van der Waals surface area contributed by atoms with Gasteiger partial charge in [0.25, 0.3) is 5.91 Å². The third-order valence-corrected chi connectivity index (χ3v) is 4.00. The minimum atomic E-state index is -0.337. The molecule has 0 fully saturated rings. The number of amides is 2. The van der Waals surface area contributed by atoms with Crippen molar-refractivity contribution in [1.29, 1.82) is 0 Å². The summed E-state index contributed by atoms with van der Waals surface area (Å²) in [6.07, 6.45) is 0. The van der Waals surface area contributed by atoms with Crippen LogP contribution in [0, 0.1) is 6.92 Å². The van der Waals surface area contributed by atoms with E-state index in [9.17, 15) is 9.59 Å². The lowest BCUT2D eigenvalue weighted by atomic mass is 10.1. The molecule has 0 saturated heterocycles. The Morgan fingerprint density at radius 1 is 1.08 bits per heavy atom. The fourth-order valence-electron chi connectivity index (χ4n) is 2.53. The lowest BCUT2D eigenvalue weighted by molar-refractivity contribution is -0.120. The third-order valence-electron chi connectivity index (χ3n) is 4.00. The van der Waals surface area contributed by atoms with Crippen LogP contribution in [0.1, 0.15) is 34.5 Å². The highest BCUT2D eigenvalue weighted by atomic mass is 16.7.